The molecule has 0 atom stereocenters. The number of benzene rings is 2. The molecular formula is C13H6Cl3F3. The summed E-state index contributed by atoms with van der Waals surface area (Å²) >= 11 is 17.6. The fourth-order valence-electron chi connectivity index (χ4n) is 1.66. The van der Waals surface area contributed by atoms with Crippen LogP contribution in [0.2, 0.25) is 15.1 Å². The number of rotatable bonds is 2. The molecule has 0 aromatic heterocycles. The Morgan fingerprint density at radius 2 is 1.53 bits per heavy atom. The van der Waals surface area contributed by atoms with Gasteiger partial charge in [-0.1, -0.05) is 59.1 Å². The van der Waals surface area contributed by atoms with Gasteiger partial charge in [-0.05, 0) is 6.07 Å². The van der Waals surface area contributed by atoms with Crippen molar-refractivity contribution in [1.82, 2.24) is 0 Å². The van der Waals surface area contributed by atoms with E-state index in [0.717, 1.165) is 6.07 Å². The van der Waals surface area contributed by atoms with Crippen molar-refractivity contribution in [3.05, 3.63) is 56.8 Å². The quantitative estimate of drug-likeness (QED) is 0.561. The molecule has 6 heteroatoms. The Kier molecular flexibility index (Phi) is 4.29. The average Bonchev–Trinajstić information content (AvgIpc) is 2.37. The second-order valence-electron chi connectivity index (χ2n) is 3.73. The molecule has 0 unspecified atom stereocenters. The SMILES string of the molecule is Fc1c(-c2ccc(Cl)c(Cl)c2Cl)cccc1C(F)F. The Morgan fingerprint density at radius 1 is 0.842 bits per heavy atom. The van der Waals surface area contributed by atoms with Crippen LogP contribution in [-0.2, 0) is 0 Å². The van der Waals surface area contributed by atoms with Gasteiger partial charge in [-0.15, -0.1) is 0 Å². The molecule has 2 aromatic carbocycles. The molecule has 0 amide bonds. The topological polar surface area (TPSA) is 0 Å². The summed E-state index contributed by atoms with van der Waals surface area (Å²) in [6.45, 7) is 0. The summed E-state index contributed by atoms with van der Waals surface area (Å²) in [5.74, 6) is -1.02. The molecule has 0 aliphatic carbocycles. The molecule has 0 saturated carbocycles. The minimum absolute atomic E-state index is 0.0273. The van der Waals surface area contributed by atoms with Crippen LogP contribution in [0.25, 0.3) is 11.1 Å². The minimum Gasteiger partial charge on any atom is -0.206 e. The van der Waals surface area contributed by atoms with E-state index in [0.29, 0.717) is 0 Å². The van der Waals surface area contributed by atoms with Crippen LogP contribution in [-0.4, -0.2) is 0 Å². The Balaban J connectivity index is 2.67. The van der Waals surface area contributed by atoms with E-state index in [1.807, 2.05) is 0 Å². The molecule has 2 aromatic rings. The second-order valence-corrected chi connectivity index (χ2v) is 4.90. The van der Waals surface area contributed by atoms with Crippen molar-refractivity contribution < 1.29 is 13.2 Å². The zero-order valence-electron chi connectivity index (χ0n) is 9.23. The van der Waals surface area contributed by atoms with Gasteiger partial charge in [0, 0.05) is 11.1 Å². The summed E-state index contributed by atoms with van der Waals surface area (Å²) in [5.41, 5.74) is -0.503. The second kappa shape index (κ2) is 5.61. The fraction of sp³-hybridized carbons (Fsp3) is 0.0769. The molecule has 0 aliphatic rings. The lowest BCUT2D eigenvalue weighted by molar-refractivity contribution is 0.146. The highest BCUT2D eigenvalue weighted by Gasteiger charge is 2.19. The van der Waals surface area contributed by atoms with E-state index in [9.17, 15) is 13.2 Å². The first-order chi connectivity index (χ1) is 8.93. The molecule has 100 valence electrons. The predicted molar refractivity (Wildman–Crippen MR) is 71.8 cm³/mol. The monoisotopic (exact) mass is 324 g/mol. The highest BCUT2D eigenvalue weighted by atomic mass is 35.5. The van der Waals surface area contributed by atoms with Gasteiger partial charge in [-0.2, -0.15) is 0 Å². The van der Waals surface area contributed by atoms with Gasteiger partial charge >= 0.3 is 0 Å². The van der Waals surface area contributed by atoms with E-state index >= 15 is 0 Å². The molecule has 0 radical (unpaired) electrons. The van der Waals surface area contributed by atoms with Gasteiger partial charge in [0.1, 0.15) is 5.82 Å². The standard InChI is InChI=1S/C13H6Cl3F3/c14-9-5-4-6(10(15)11(9)16)7-2-1-3-8(12(7)17)13(18)19/h1-5,13H. The number of alkyl halides is 2. The molecule has 0 heterocycles. The summed E-state index contributed by atoms with van der Waals surface area (Å²) in [7, 11) is 0. The van der Waals surface area contributed by atoms with Crippen LogP contribution in [0.1, 0.15) is 12.0 Å². The van der Waals surface area contributed by atoms with Crippen molar-refractivity contribution >= 4 is 34.8 Å². The van der Waals surface area contributed by atoms with Gasteiger partial charge in [0.15, 0.2) is 0 Å². The molecule has 19 heavy (non-hydrogen) atoms. The zero-order valence-corrected chi connectivity index (χ0v) is 11.5. The van der Waals surface area contributed by atoms with Gasteiger partial charge < -0.3 is 0 Å². The maximum absolute atomic E-state index is 14.0. The zero-order chi connectivity index (χ0) is 14.2. The largest absolute Gasteiger partial charge is 0.266 e. The molecule has 0 bridgehead atoms. The lowest BCUT2D eigenvalue weighted by atomic mass is 10.0. The third kappa shape index (κ3) is 2.69. The van der Waals surface area contributed by atoms with Gasteiger partial charge in [0.05, 0.1) is 20.6 Å². The normalized spacial score (nSPS) is 11.1. The van der Waals surface area contributed by atoms with E-state index in [-0.39, 0.29) is 26.2 Å². The predicted octanol–water partition coefficient (Wildman–Crippen LogP) is 6.39. The molecule has 2 rings (SSSR count). The first kappa shape index (κ1) is 14.5. The molecule has 0 nitrogen and oxygen atoms in total. The maximum atomic E-state index is 14.0. The van der Waals surface area contributed by atoms with Crippen LogP contribution in [0.4, 0.5) is 13.2 Å². The van der Waals surface area contributed by atoms with Crippen LogP contribution < -0.4 is 0 Å². The van der Waals surface area contributed by atoms with Crippen molar-refractivity contribution in [2.45, 2.75) is 6.43 Å². The summed E-state index contributed by atoms with van der Waals surface area (Å²) < 4.78 is 39.3. The van der Waals surface area contributed by atoms with Gasteiger partial charge in [0.2, 0.25) is 0 Å². The summed E-state index contributed by atoms with van der Waals surface area (Å²) in [6, 6.07) is 6.57. The van der Waals surface area contributed by atoms with E-state index in [4.69, 9.17) is 34.8 Å². The Labute approximate surface area is 122 Å². The Morgan fingerprint density at radius 3 is 2.16 bits per heavy atom. The van der Waals surface area contributed by atoms with Gasteiger partial charge in [-0.25, -0.2) is 13.2 Å². The van der Waals surface area contributed by atoms with Crippen LogP contribution >= 0.6 is 34.8 Å². The number of hydrogen-bond acceptors (Lipinski definition) is 0. The maximum Gasteiger partial charge on any atom is 0.266 e. The van der Waals surface area contributed by atoms with E-state index in [2.05, 4.69) is 0 Å². The highest BCUT2D eigenvalue weighted by Crippen LogP contribution is 2.40. The molecule has 0 spiro atoms. The van der Waals surface area contributed by atoms with Crippen molar-refractivity contribution in [2.75, 3.05) is 0 Å². The molecule has 0 saturated heterocycles. The van der Waals surface area contributed by atoms with Crippen LogP contribution in [0, 0.1) is 5.82 Å². The molecule has 0 N–H and O–H groups in total. The summed E-state index contributed by atoms with van der Waals surface area (Å²) in [6.07, 6.45) is -2.90. The van der Waals surface area contributed by atoms with Crippen molar-refractivity contribution in [2.24, 2.45) is 0 Å². The Hall–Kier alpha value is -0.900. The minimum atomic E-state index is -2.90. The van der Waals surface area contributed by atoms with E-state index in [1.165, 1.54) is 24.3 Å². The van der Waals surface area contributed by atoms with E-state index in [1.54, 1.807) is 0 Å². The summed E-state index contributed by atoms with van der Waals surface area (Å²) in [5, 5.41) is 0.294. The first-order valence-corrected chi connectivity index (χ1v) is 6.27. The average molecular weight is 326 g/mol. The van der Waals surface area contributed by atoms with Crippen molar-refractivity contribution in [3.8, 4) is 11.1 Å². The lowest BCUT2D eigenvalue weighted by Gasteiger charge is -2.11. The molecule has 0 fully saturated rings. The highest BCUT2D eigenvalue weighted by molar-refractivity contribution is 6.49. The first-order valence-electron chi connectivity index (χ1n) is 5.14. The smallest absolute Gasteiger partial charge is 0.206 e. The van der Waals surface area contributed by atoms with Crippen molar-refractivity contribution in [1.29, 1.82) is 0 Å². The number of halogens is 6. The fourth-order valence-corrected chi connectivity index (χ4v) is 2.30. The van der Waals surface area contributed by atoms with Gasteiger partial charge in [-0.3, -0.25) is 0 Å². The van der Waals surface area contributed by atoms with Crippen molar-refractivity contribution in [3.63, 3.8) is 0 Å². The van der Waals surface area contributed by atoms with Gasteiger partial charge in [0.25, 0.3) is 6.43 Å². The van der Waals surface area contributed by atoms with E-state index < -0.39 is 17.8 Å². The summed E-state index contributed by atoms with van der Waals surface area (Å²) in [4.78, 5) is 0. The van der Waals surface area contributed by atoms with Crippen LogP contribution in [0.5, 0.6) is 0 Å². The molecule has 0 aliphatic heterocycles. The Bertz CT molecular complexity index is 627. The van der Waals surface area contributed by atoms with Crippen LogP contribution in [0.15, 0.2) is 30.3 Å². The lowest BCUT2D eigenvalue weighted by Crippen LogP contribution is -1.94. The third-order valence-corrected chi connectivity index (χ3v) is 3.88. The number of hydrogen-bond donors (Lipinski definition) is 0. The molecular weight excluding hydrogens is 319 g/mol. The van der Waals surface area contributed by atoms with Crippen LogP contribution in [0.3, 0.4) is 0 Å². The third-order valence-electron chi connectivity index (χ3n) is 2.59.